The van der Waals surface area contributed by atoms with Gasteiger partial charge in [-0.05, 0) is 43.5 Å². The van der Waals surface area contributed by atoms with Gasteiger partial charge >= 0.3 is 0 Å². The Kier molecular flexibility index (Phi) is 3.93. The van der Waals surface area contributed by atoms with Crippen LogP contribution < -0.4 is 9.88 Å². The van der Waals surface area contributed by atoms with Crippen molar-refractivity contribution in [2.75, 3.05) is 12.4 Å². The van der Waals surface area contributed by atoms with Gasteiger partial charge in [-0.2, -0.15) is 0 Å². The minimum absolute atomic E-state index is 0.0859. The number of benzene rings is 1. The Morgan fingerprint density at radius 2 is 1.88 bits per heavy atom. The molecule has 0 heterocycles. The maximum absolute atomic E-state index is 10.7. The third-order valence-electron chi connectivity index (χ3n) is 2.39. The summed E-state index contributed by atoms with van der Waals surface area (Å²) in [6.07, 6.45) is 0. The number of nitrogens with two attached hydrogens (primary N) is 1. The molecule has 0 aliphatic heterocycles. The van der Waals surface area contributed by atoms with Gasteiger partial charge in [-0.25, -0.2) is 13.6 Å². The van der Waals surface area contributed by atoms with E-state index >= 15 is 0 Å². The lowest BCUT2D eigenvalue weighted by molar-refractivity contribution is 0.338. The van der Waals surface area contributed by atoms with E-state index in [2.05, 4.69) is 6.07 Å². The van der Waals surface area contributed by atoms with Crippen molar-refractivity contribution in [3.8, 4) is 5.75 Å². The summed E-state index contributed by atoms with van der Waals surface area (Å²) in [6, 6.07) is 3.95. The van der Waals surface area contributed by atoms with Crippen molar-refractivity contribution in [1.82, 2.24) is 0 Å². The molecule has 1 rings (SSSR count). The maximum Gasteiger partial charge on any atom is 0.212 e. The van der Waals surface area contributed by atoms with Crippen molar-refractivity contribution >= 4 is 10.0 Å². The van der Waals surface area contributed by atoms with Gasteiger partial charge in [0.25, 0.3) is 0 Å². The van der Waals surface area contributed by atoms with E-state index < -0.39 is 10.0 Å². The highest BCUT2D eigenvalue weighted by atomic mass is 32.2. The molecule has 4 nitrogen and oxygen atoms in total. The largest absolute Gasteiger partial charge is 0.492 e. The van der Waals surface area contributed by atoms with Crippen LogP contribution in [0.5, 0.6) is 5.75 Å². The molecule has 0 spiro atoms. The van der Waals surface area contributed by atoms with E-state index in [9.17, 15) is 8.42 Å². The zero-order valence-corrected chi connectivity index (χ0v) is 10.6. The molecule has 2 N–H and O–H groups in total. The molecular weight excluding hydrogens is 226 g/mol. The van der Waals surface area contributed by atoms with Crippen LogP contribution in [-0.4, -0.2) is 20.8 Å². The lowest BCUT2D eigenvalue weighted by Crippen LogP contribution is -2.21. The van der Waals surface area contributed by atoms with Gasteiger partial charge in [0.2, 0.25) is 10.0 Å². The van der Waals surface area contributed by atoms with Crippen molar-refractivity contribution in [3.05, 3.63) is 28.8 Å². The first-order chi connectivity index (χ1) is 7.29. The summed E-state index contributed by atoms with van der Waals surface area (Å²) in [4.78, 5) is 0. The second kappa shape index (κ2) is 4.84. The fourth-order valence-electron chi connectivity index (χ4n) is 1.42. The third-order valence-corrected chi connectivity index (χ3v) is 3.13. The third kappa shape index (κ3) is 3.83. The second-order valence-electron chi connectivity index (χ2n) is 3.92. The van der Waals surface area contributed by atoms with Crippen LogP contribution >= 0.6 is 0 Å². The summed E-state index contributed by atoms with van der Waals surface area (Å²) in [6.45, 7) is 6.00. The van der Waals surface area contributed by atoms with Crippen LogP contribution in [0.15, 0.2) is 12.1 Å². The highest BCUT2D eigenvalue weighted by Crippen LogP contribution is 2.23. The number of aryl methyl sites for hydroxylation is 2. The number of ether oxygens (including phenoxy) is 1. The van der Waals surface area contributed by atoms with E-state index in [1.807, 2.05) is 26.8 Å². The van der Waals surface area contributed by atoms with Gasteiger partial charge in [-0.15, -0.1) is 0 Å². The van der Waals surface area contributed by atoms with E-state index in [1.165, 1.54) is 0 Å². The average Bonchev–Trinajstić information content (AvgIpc) is 2.11. The van der Waals surface area contributed by atoms with Crippen molar-refractivity contribution in [1.29, 1.82) is 0 Å². The number of hydrogen-bond acceptors (Lipinski definition) is 3. The Bertz CT molecular complexity index is 480. The summed E-state index contributed by atoms with van der Waals surface area (Å²) in [5.74, 6) is 0.556. The fourth-order valence-corrected chi connectivity index (χ4v) is 1.73. The predicted molar refractivity (Wildman–Crippen MR) is 64.1 cm³/mol. The first kappa shape index (κ1) is 13.0. The highest BCUT2D eigenvalue weighted by Gasteiger charge is 2.06. The molecule has 0 aromatic heterocycles. The van der Waals surface area contributed by atoms with Crippen molar-refractivity contribution in [2.45, 2.75) is 20.8 Å². The van der Waals surface area contributed by atoms with Crippen molar-refractivity contribution in [2.24, 2.45) is 5.14 Å². The molecule has 0 amide bonds. The van der Waals surface area contributed by atoms with E-state index in [4.69, 9.17) is 9.88 Å². The normalized spacial score (nSPS) is 11.5. The maximum atomic E-state index is 10.7. The summed E-state index contributed by atoms with van der Waals surface area (Å²) in [7, 11) is -3.45. The van der Waals surface area contributed by atoms with Crippen LogP contribution in [0.2, 0.25) is 0 Å². The molecule has 1 aromatic rings. The van der Waals surface area contributed by atoms with Gasteiger partial charge in [-0.3, -0.25) is 0 Å². The summed E-state index contributed by atoms with van der Waals surface area (Å²) < 4.78 is 26.9. The Labute approximate surface area is 96.5 Å². The van der Waals surface area contributed by atoms with Gasteiger partial charge in [-0.1, -0.05) is 6.07 Å². The second-order valence-corrected chi connectivity index (χ2v) is 5.65. The van der Waals surface area contributed by atoms with Crippen LogP contribution in [0.3, 0.4) is 0 Å². The molecule has 0 saturated carbocycles. The smallest absolute Gasteiger partial charge is 0.212 e. The molecule has 0 aliphatic carbocycles. The van der Waals surface area contributed by atoms with Crippen LogP contribution in [0.1, 0.15) is 16.7 Å². The van der Waals surface area contributed by atoms with Gasteiger partial charge in [0.05, 0.1) is 5.75 Å². The first-order valence-electron chi connectivity index (χ1n) is 5.01. The van der Waals surface area contributed by atoms with Gasteiger partial charge in [0.15, 0.2) is 0 Å². The number of sulfonamides is 1. The standard InChI is InChI=1S/C11H17NO3S/c1-8-6-9(2)10(3)11(7-8)15-4-5-16(12,13)14/h6-7H,4-5H2,1-3H3,(H2,12,13,14). The van der Waals surface area contributed by atoms with Crippen molar-refractivity contribution in [3.63, 3.8) is 0 Å². The minimum atomic E-state index is -3.45. The van der Waals surface area contributed by atoms with Crippen LogP contribution in [0.25, 0.3) is 0 Å². The highest BCUT2D eigenvalue weighted by molar-refractivity contribution is 7.89. The van der Waals surface area contributed by atoms with Crippen LogP contribution in [0.4, 0.5) is 0 Å². The number of primary sulfonamides is 1. The average molecular weight is 243 g/mol. The van der Waals surface area contributed by atoms with Gasteiger partial charge in [0.1, 0.15) is 12.4 Å². The van der Waals surface area contributed by atoms with E-state index in [-0.39, 0.29) is 12.4 Å². The molecule has 0 saturated heterocycles. The van der Waals surface area contributed by atoms with Crippen molar-refractivity contribution < 1.29 is 13.2 Å². The van der Waals surface area contributed by atoms with E-state index in [0.29, 0.717) is 0 Å². The molecule has 0 bridgehead atoms. The number of rotatable bonds is 4. The fraction of sp³-hybridized carbons (Fsp3) is 0.455. The Morgan fingerprint density at radius 3 is 2.44 bits per heavy atom. The van der Waals surface area contributed by atoms with Crippen LogP contribution in [0, 0.1) is 20.8 Å². The lowest BCUT2D eigenvalue weighted by Gasteiger charge is -2.11. The van der Waals surface area contributed by atoms with E-state index in [1.54, 1.807) is 0 Å². The molecule has 5 heteroatoms. The molecule has 0 fully saturated rings. The Balaban J connectivity index is 2.75. The molecule has 16 heavy (non-hydrogen) atoms. The topological polar surface area (TPSA) is 69.4 Å². The molecule has 0 aliphatic rings. The van der Waals surface area contributed by atoms with Crippen LogP contribution in [-0.2, 0) is 10.0 Å². The Hall–Kier alpha value is -1.07. The quantitative estimate of drug-likeness (QED) is 0.866. The molecule has 0 atom stereocenters. The monoisotopic (exact) mass is 243 g/mol. The number of hydrogen-bond donors (Lipinski definition) is 1. The Morgan fingerprint density at radius 1 is 1.25 bits per heavy atom. The van der Waals surface area contributed by atoms with Gasteiger partial charge < -0.3 is 4.74 Å². The lowest BCUT2D eigenvalue weighted by atomic mass is 10.1. The molecule has 0 unspecified atom stereocenters. The molecular formula is C11H17NO3S. The zero-order chi connectivity index (χ0) is 12.3. The molecule has 0 radical (unpaired) electrons. The zero-order valence-electron chi connectivity index (χ0n) is 9.78. The first-order valence-corrected chi connectivity index (χ1v) is 6.72. The predicted octanol–water partition coefficient (Wildman–Crippen LogP) is 1.28. The molecule has 1 aromatic carbocycles. The summed E-state index contributed by atoms with van der Waals surface area (Å²) >= 11 is 0. The minimum Gasteiger partial charge on any atom is -0.492 e. The summed E-state index contributed by atoms with van der Waals surface area (Å²) in [5, 5.41) is 4.89. The van der Waals surface area contributed by atoms with Gasteiger partial charge in [0, 0.05) is 0 Å². The SMILES string of the molecule is Cc1cc(C)c(C)c(OCCS(N)(=O)=O)c1. The van der Waals surface area contributed by atoms with E-state index in [0.717, 1.165) is 22.4 Å². The summed E-state index contributed by atoms with van der Waals surface area (Å²) in [5.41, 5.74) is 3.25. The molecule has 90 valence electrons.